The minimum atomic E-state index is -0.0928. The molecule has 0 aliphatic carbocycles. The van der Waals surface area contributed by atoms with Crippen molar-refractivity contribution >= 4 is 5.69 Å². The quantitative estimate of drug-likeness (QED) is 0.909. The summed E-state index contributed by atoms with van der Waals surface area (Å²) in [4.78, 5) is 8.14. The Morgan fingerprint density at radius 1 is 1.25 bits per heavy atom. The molecule has 1 aromatic heterocycles. The Morgan fingerprint density at radius 2 is 1.95 bits per heavy atom. The van der Waals surface area contributed by atoms with Crippen molar-refractivity contribution in [3.63, 3.8) is 0 Å². The third-order valence-electron chi connectivity index (χ3n) is 3.42. The molecule has 2 N–H and O–H groups in total. The molecule has 2 heterocycles. The first-order valence-corrected chi connectivity index (χ1v) is 6.49. The summed E-state index contributed by atoms with van der Waals surface area (Å²) in [6.45, 7) is 6.94. The van der Waals surface area contributed by atoms with E-state index in [1.54, 1.807) is 0 Å². The van der Waals surface area contributed by atoms with Gasteiger partial charge in [0.2, 0.25) is 0 Å². The van der Waals surface area contributed by atoms with E-state index in [-0.39, 0.29) is 11.4 Å². The number of benzene rings is 1. The molecule has 1 aliphatic heterocycles. The van der Waals surface area contributed by atoms with E-state index in [9.17, 15) is 0 Å². The Bertz CT molecular complexity index is 651. The zero-order chi connectivity index (χ0) is 14.3. The van der Waals surface area contributed by atoms with Crippen molar-refractivity contribution in [1.82, 2.24) is 9.97 Å². The van der Waals surface area contributed by atoms with E-state index in [1.807, 2.05) is 19.1 Å². The van der Waals surface area contributed by atoms with Crippen molar-refractivity contribution in [2.75, 3.05) is 12.3 Å². The van der Waals surface area contributed by atoms with Gasteiger partial charge < -0.3 is 15.2 Å². The Labute approximate surface area is 117 Å². The van der Waals surface area contributed by atoms with Gasteiger partial charge >= 0.3 is 6.01 Å². The molecule has 3 rings (SSSR count). The first-order valence-electron chi connectivity index (χ1n) is 6.49. The van der Waals surface area contributed by atoms with Crippen molar-refractivity contribution in [1.29, 1.82) is 0 Å². The van der Waals surface area contributed by atoms with Crippen LogP contribution in [0.15, 0.2) is 24.5 Å². The third kappa shape index (κ3) is 2.05. The van der Waals surface area contributed by atoms with E-state index in [0.717, 1.165) is 22.6 Å². The van der Waals surface area contributed by atoms with Gasteiger partial charge in [-0.2, -0.15) is 0 Å². The maximum atomic E-state index is 5.81. The van der Waals surface area contributed by atoms with Gasteiger partial charge in [-0.25, -0.2) is 9.97 Å². The molecule has 0 radical (unpaired) electrons. The Hall–Kier alpha value is -2.30. The molecule has 2 aromatic rings. The largest absolute Gasteiger partial charge is 0.492 e. The topological polar surface area (TPSA) is 70.3 Å². The van der Waals surface area contributed by atoms with Gasteiger partial charge in [0.05, 0.1) is 24.7 Å². The number of aryl methyl sites for hydroxylation is 1. The lowest BCUT2D eigenvalue weighted by atomic mass is 9.85. The standard InChI is InChI=1S/C15H17N3O2/c1-9-4-5-11(12-13(9)19-8-15(12,2)3)20-14-17-6-10(16)7-18-14/h4-7H,8,16H2,1-3H3. The minimum absolute atomic E-state index is 0.0928. The Balaban J connectivity index is 2.03. The average Bonchev–Trinajstić information content (AvgIpc) is 2.73. The molecule has 1 aliphatic rings. The molecule has 0 fully saturated rings. The predicted molar refractivity (Wildman–Crippen MR) is 76.2 cm³/mol. The third-order valence-corrected chi connectivity index (χ3v) is 3.42. The number of ether oxygens (including phenoxy) is 2. The second-order valence-electron chi connectivity index (χ2n) is 5.66. The van der Waals surface area contributed by atoms with Crippen LogP contribution >= 0.6 is 0 Å². The van der Waals surface area contributed by atoms with Gasteiger partial charge in [-0.05, 0) is 18.6 Å². The van der Waals surface area contributed by atoms with Crippen LogP contribution in [0.5, 0.6) is 17.5 Å². The van der Waals surface area contributed by atoms with E-state index < -0.39 is 0 Å². The number of aromatic nitrogens is 2. The molecule has 0 bridgehead atoms. The second kappa shape index (κ2) is 4.37. The number of nitrogens with zero attached hydrogens (tertiary/aromatic N) is 2. The van der Waals surface area contributed by atoms with Gasteiger partial charge in [0, 0.05) is 11.0 Å². The van der Waals surface area contributed by atoms with Crippen LogP contribution < -0.4 is 15.2 Å². The lowest BCUT2D eigenvalue weighted by Crippen LogP contribution is -2.19. The summed E-state index contributed by atoms with van der Waals surface area (Å²) in [5.41, 5.74) is 8.16. The molecule has 104 valence electrons. The molecule has 0 spiro atoms. The van der Waals surface area contributed by atoms with Gasteiger partial charge in [-0.15, -0.1) is 0 Å². The fourth-order valence-electron chi connectivity index (χ4n) is 2.38. The molecule has 0 unspecified atom stereocenters. The highest BCUT2D eigenvalue weighted by atomic mass is 16.5. The zero-order valence-corrected chi connectivity index (χ0v) is 11.8. The Morgan fingerprint density at radius 3 is 2.65 bits per heavy atom. The summed E-state index contributed by atoms with van der Waals surface area (Å²) < 4.78 is 11.6. The number of hydrogen-bond donors (Lipinski definition) is 1. The average molecular weight is 271 g/mol. The van der Waals surface area contributed by atoms with E-state index in [1.165, 1.54) is 12.4 Å². The van der Waals surface area contributed by atoms with E-state index in [4.69, 9.17) is 15.2 Å². The van der Waals surface area contributed by atoms with Crippen LogP contribution in [0.3, 0.4) is 0 Å². The fraction of sp³-hybridized carbons (Fsp3) is 0.333. The molecule has 0 atom stereocenters. The van der Waals surface area contributed by atoms with Crippen LogP contribution in [-0.4, -0.2) is 16.6 Å². The maximum absolute atomic E-state index is 5.81. The lowest BCUT2D eigenvalue weighted by molar-refractivity contribution is 0.289. The lowest BCUT2D eigenvalue weighted by Gasteiger charge is -2.18. The molecule has 5 nitrogen and oxygen atoms in total. The van der Waals surface area contributed by atoms with E-state index in [0.29, 0.717) is 12.3 Å². The predicted octanol–water partition coefficient (Wildman–Crippen LogP) is 2.83. The minimum Gasteiger partial charge on any atom is -0.492 e. The molecular weight excluding hydrogens is 254 g/mol. The summed E-state index contributed by atoms with van der Waals surface area (Å²) in [6.07, 6.45) is 3.05. The number of anilines is 1. The summed E-state index contributed by atoms with van der Waals surface area (Å²) in [7, 11) is 0. The van der Waals surface area contributed by atoms with Crippen LogP contribution in [0.1, 0.15) is 25.0 Å². The summed E-state index contributed by atoms with van der Waals surface area (Å²) >= 11 is 0. The van der Waals surface area contributed by atoms with Crippen molar-refractivity contribution in [3.8, 4) is 17.5 Å². The number of nitrogen functional groups attached to an aromatic ring is 1. The molecule has 5 heteroatoms. The van der Waals surface area contributed by atoms with Crippen molar-refractivity contribution in [3.05, 3.63) is 35.7 Å². The molecular formula is C15H17N3O2. The van der Waals surface area contributed by atoms with E-state index in [2.05, 4.69) is 23.8 Å². The summed E-state index contributed by atoms with van der Waals surface area (Å²) in [6, 6.07) is 4.20. The number of rotatable bonds is 2. The monoisotopic (exact) mass is 271 g/mol. The van der Waals surface area contributed by atoms with Crippen LogP contribution in [0, 0.1) is 6.92 Å². The Kier molecular flexibility index (Phi) is 2.78. The van der Waals surface area contributed by atoms with Crippen molar-refractivity contribution in [2.45, 2.75) is 26.2 Å². The SMILES string of the molecule is Cc1ccc(Oc2ncc(N)cn2)c2c1OCC2(C)C. The van der Waals surface area contributed by atoms with Crippen LogP contribution in [-0.2, 0) is 5.41 Å². The van der Waals surface area contributed by atoms with Crippen molar-refractivity contribution < 1.29 is 9.47 Å². The second-order valence-corrected chi connectivity index (χ2v) is 5.66. The highest BCUT2D eigenvalue weighted by Gasteiger charge is 2.36. The zero-order valence-electron chi connectivity index (χ0n) is 11.8. The van der Waals surface area contributed by atoms with E-state index >= 15 is 0 Å². The van der Waals surface area contributed by atoms with Crippen molar-refractivity contribution in [2.24, 2.45) is 0 Å². The number of hydrogen-bond acceptors (Lipinski definition) is 5. The van der Waals surface area contributed by atoms with Gasteiger partial charge in [-0.3, -0.25) is 0 Å². The molecule has 0 saturated heterocycles. The van der Waals surface area contributed by atoms with Gasteiger partial charge in [0.25, 0.3) is 0 Å². The number of nitrogens with two attached hydrogens (primary N) is 1. The van der Waals surface area contributed by atoms with Crippen LogP contribution in [0.25, 0.3) is 0 Å². The summed E-state index contributed by atoms with van der Waals surface area (Å²) in [5.74, 6) is 1.64. The van der Waals surface area contributed by atoms with Crippen LogP contribution in [0.4, 0.5) is 5.69 Å². The smallest absolute Gasteiger partial charge is 0.322 e. The summed E-state index contributed by atoms with van der Waals surface area (Å²) in [5, 5.41) is 0. The molecule has 1 aromatic carbocycles. The van der Waals surface area contributed by atoms with Crippen LogP contribution in [0.2, 0.25) is 0 Å². The van der Waals surface area contributed by atoms with Gasteiger partial charge in [0.15, 0.2) is 0 Å². The molecule has 0 saturated carbocycles. The molecule has 20 heavy (non-hydrogen) atoms. The number of fused-ring (bicyclic) bond motifs is 1. The molecule has 0 amide bonds. The first kappa shape index (κ1) is 12.7. The highest BCUT2D eigenvalue weighted by Crippen LogP contribution is 2.46. The maximum Gasteiger partial charge on any atom is 0.322 e. The van der Waals surface area contributed by atoms with Gasteiger partial charge in [-0.1, -0.05) is 19.9 Å². The first-order chi connectivity index (χ1) is 9.47. The normalized spacial score (nSPS) is 15.6. The highest BCUT2D eigenvalue weighted by molar-refractivity contribution is 5.56. The van der Waals surface area contributed by atoms with Gasteiger partial charge in [0.1, 0.15) is 11.5 Å². The fourth-order valence-corrected chi connectivity index (χ4v) is 2.38.